The smallest absolute Gasteiger partial charge is 0.161 e. The van der Waals surface area contributed by atoms with E-state index in [1.165, 1.54) is 12.1 Å². The number of aromatic hydroxyl groups is 3. The van der Waals surface area contributed by atoms with E-state index in [-0.39, 0.29) is 23.9 Å². The number of benzene rings is 1. The fourth-order valence-electron chi connectivity index (χ4n) is 0.512. The summed E-state index contributed by atoms with van der Waals surface area (Å²) in [6.07, 6.45) is 0. The van der Waals surface area contributed by atoms with Crippen LogP contribution in [-0.2, 0) is 0 Å². The van der Waals surface area contributed by atoms with Crippen LogP contribution in [0.25, 0.3) is 0 Å². The molecular formula is C8H12O4. The Morgan fingerprint density at radius 3 is 1.92 bits per heavy atom. The molecule has 0 fully saturated rings. The maximum Gasteiger partial charge on any atom is 0.161 e. The van der Waals surface area contributed by atoms with Crippen LogP contribution in [0.1, 0.15) is 6.92 Å². The summed E-state index contributed by atoms with van der Waals surface area (Å²) in [7, 11) is 0. The Morgan fingerprint density at radius 1 is 1.08 bits per heavy atom. The SMILES string of the molecule is CCO.Oc1ccc(O)c(O)c1. The predicted octanol–water partition coefficient (Wildman–Crippen LogP) is 0.802. The molecule has 0 saturated carbocycles. The van der Waals surface area contributed by atoms with Gasteiger partial charge in [-0.25, -0.2) is 0 Å². The molecule has 1 aromatic rings. The lowest BCUT2D eigenvalue weighted by Crippen LogP contribution is -1.66. The van der Waals surface area contributed by atoms with Crippen LogP contribution < -0.4 is 0 Å². The van der Waals surface area contributed by atoms with E-state index < -0.39 is 0 Å². The number of phenolic OH excluding ortho intramolecular Hbond substituents is 3. The van der Waals surface area contributed by atoms with Gasteiger partial charge in [0.25, 0.3) is 0 Å². The van der Waals surface area contributed by atoms with Crippen LogP contribution >= 0.6 is 0 Å². The van der Waals surface area contributed by atoms with Crippen molar-refractivity contribution in [2.75, 3.05) is 6.61 Å². The highest BCUT2D eigenvalue weighted by atomic mass is 16.3. The summed E-state index contributed by atoms with van der Waals surface area (Å²) in [4.78, 5) is 0. The van der Waals surface area contributed by atoms with E-state index in [0.29, 0.717) is 0 Å². The van der Waals surface area contributed by atoms with Crippen LogP contribution in [0.5, 0.6) is 17.2 Å². The fraction of sp³-hybridized carbons (Fsp3) is 0.250. The number of aliphatic hydroxyl groups is 1. The predicted molar refractivity (Wildman–Crippen MR) is 44.2 cm³/mol. The first-order valence-electron chi connectivity index (χ1n) is 3.43. The highest BCUT2D eigenvalue weighted by Crippen LogP contribution is 2.27. The molecule has 0 atom stereocenters. The summed E-state index contributed by atoms with van der Waals surface area (Å²) in [5.41, 5.74) is 0. The molecule has 1 rings (SSSR count). The summed E-state index contributed by atoms with van der Waals surface area (Å²) in [5.74, 6) is -0.604. The average Bonchev–Trinajstić information content (AvgIpc) is 1.99. The van der Waals surface area contributed by atoms with E-state index in [4.69, 9.17) is 20.4 Å². The van der Waals surface area contributed by atoms with Gasteiger partial charge >= 0.3 is 0 Å². The van der Waals surface area contributed by atoms with Crippen LogP contribution in [0.2, 0.25) is 0 Å². The Kier molecular flexibility index (Phi) is 4.64. The summed E-state index contributed by atoms with van der Waals surface area (Å²) in [5, 5.41) is 33.6. The first kappa shape index (κ1) is 10.6. The first-order chi connectivity index (χ1) is 5.61. The third-order valence-electron chi connectivity index (χ3n) is 0.959. The molecule has 4 heteroatoms. The number of hydrogen-bond acceptors (Lipinski definition) is 4. The van der Waals surface area contributed by atoms with Crippen LogP contribution in [-0.4, -0.2) is 27.0 Å². The van der Waals surface area contributed by atoms with Gasteiger partial charge < -0.3 is 20.4 Å². The van der Waals surface area contributed by atoms with Crippen molar-refractivity contribution in [3.8, 4) is 17.2 Å². The molecule has 0 bridgehead atoms. The molecule has 4 nitrogen and oxygen atoms in total. The number of rotatable bonds is 0. The maximum absolute atomic E-state index is 8.69. The van der Waals surface area contributed by atoms with Crippen molar-refractivity contribution in [1.82, 2.24) is 0 Å². The van der Waals surface area contributed by atoms with Gasteiger partial charge in [-0.05, 0) is 19.1 Å². The number of hydrogen-bond donors (Lipinski definition) is 4. The summed E-state index contributed by atoms with van der Waals surface area (Å²) >= 11 is 0. The zero-order chi connectivity index (χ0) is 9.56. The van der Waals surface area contributed by atoms with E-state index in [1.807, 2.05) is 0 Å². The molecule has 0 amide bonds. The van der Waals surface area contributed by atoms with Gasteiger partial charge in [-0.15, -0.1) is 0 Å². The highest BCUT2D eigenvalue weighted by molar-refractivity contribution is 5.42. The Morgan fingerprint density at radius 2 is 1.58 bits per heavy atom. The average molecular weight is 172 g/mol. The van der Waals surface area contributed by atoms with Crippen molar-refractivity contribution >= 4 is 0 Å². The Labute approximate surface area is 70.3 Å². The molecule has 68 valence electrons. The van der Waals surface area contributed by atoms with E-state index in [9.17, 15) is 0 Å². The molecule has 0 heterocycles. The Balaban J connectivity index is 0.000000354. The van der Waals surface area contributed by atoms with Crippen molar-refractivity contribution in [1.29, 1.82) is 0 Å². The third-order valence-corrected chi connectivity index (χ3v) is 0.959. The third kappa shape index (κ3) is 3.68. The second-order valence-electron chi connectivity index (χ2n) is 1.99. The minimum Gasteiger partial charge on any atom is -0.508 e. The largest absolute Gasteiger partial charge is 0.508 e. The van der Waals surface area contributed by atoms with Crippen LogP contribution in [0.15, 0.2) is 18.2 Å². The zero-order valence-electron chi connectivity index (χ0n) is 6.73. The second-order valence-corrected chi connectivity index (χ2v) is 1.99. The minimum atomic E-state index is -0.310. The molecule has 0 aliphatic heterocycles. The normalized spacial score (nSPS) is 8.50. The molecule has 0 spiro atoms. The lowest BCUT2D eigenvalue weighted by Gasteiger charge is -1.95. The molecule has 0 unspecified atom stereocenters. The topological polar surface area (TPSA) is 80.9 Å². The van der Waals surface area contributed by atoms with Gasteiger partial charge in [-0.3, -0.25) is 0 Å². The van der Waals surface area contributed by atoms with Crippen molar-refractivity contribution in [2.24, 2.45) is 0 Å². The van der Waals surface area contributed by atoms with Gasteiger partial charge in [0.1, 0.15) is 5.75 Å². The first-order valence-corrected chi connectivity index (χ1v) is 3.43. The molecule has 4 N–H and O–H groups in total. The van der Waals surface area contributed by atoms with Gasteiger partial charge in [0.15, 0.2) is 11.5 Å². The standard InChI is InChI=1S/C6H6O3.C2H6O/c7-4-1-2-5(8)6(9)3-4;1-2-3/h1-3,7-9H;3H,2H2,1H3. The molecule has 0 saturated heterocycles. The zero-order valence-corrected chi connectivity index (χ0v) is 6.73. The van der Waals surface area contributed by atoms with Gasteiger partial charge in [0, 0.05) is 12.7 Å². The fourth-order valence-corrected chi connectivity index (χ4v) is 0.512. The highest BCUT2D eigenvalue weighted by Gasteiger charge is 1.96. The molecule has 12 heavy (non-hydrogen) atoms. The van der Waals surface area contributed by atoms with Crippen LogP contribution in [0.4, 0.5) is 0 Å². The van der Waals surface area contributed by atoms with Crippen molar-refractivity contribution < 1.29 is 20.4 Å². The number of phenols is 3. The van der Waals surface area contributed by atoms with Gasteiger partial charge in [0.2, 0.25) is 0 Å². The maximum atomic E-state index is 8.69. The molecule has 0 aromatic heterocycles. The Hall–Kier alpha value is -1.42. The quantitative estimate of drug-likeness (QED) is 0.344. The minimum absolute atomic E-state index is 0.0645. The van der Waals surface area contributed by atoms with Gasteiger partial charge in [-0.1, -0.05) is 0 Å². The Bertz CT molecular complexity index is 234. The second kappa shape index (κ2) is 5.26. The molecule has 0 aliphatic carbocycles. The van der Waals surface area contributed by atoms with Crippen LogP contribution in [0.3, 0.4) is 0 Å². The lowest BCUT2D eigenvalue weighted by molar-refractivity contribution is 0.318. The van der Waals surface area contributed by atoms with E-state index in [2.05, 4.69) is 0 Å². The summed E-state index contributed by atoms with van der Waals surface area (Å²) < 4.78 is 0. The van der Waals surface area contributed by atoms with Crippen molar-refractivity contribution in [3.63, 3.8) is 0 Å². The van der Waals surface area contributed by atoms with Crippen molar-refractivity contribution in [3.05, 3.63) is 18.2 Å². The van der Waals surface area contributed by atoms with Crippen LogP contribution in [0, 0.1) is 0 Å². The lowest BCUT2D eigenvalue weighted by atomic mass is 10.3. The van der Waals surface area contributed by atoms with Gasteiger partial charge in [0.05, 0.1) is 0 Å². The van der Waals surface area contributed by atoms with E-state index in [1.54, 1.807) is 6.92 Å². The summed E-state index contributed by atoms with van der Waals surface area (Å²) in [6.45, 7) is 1.93. The number of aliphatic hydroxyl groups excluding tert-OH is 1. The van der Waals surface area contributed by atoms with E-state index >= 15 is 0 Å². The monoisotopic (exact) mass is 172 g/mol. The molecular weight excluding hydrogens is 160 g/mol. The van der Waals surface area contributed by atoms with Crippen molar-refractivity contribution in [2.45, 2.75) is 6.92 Å². The summed E-state index contributed by atoms with van der Waals surface area (Å²) in [6, 6.07) is 3.56. The van der Waals surface area contributed by atoms with E-state index in [0.717, 1.165) is 6.07 Å². The van der Waals surface area contributed by atoms with Gasteiger partial charge in [-0.2, -0.15) is 0 Å². The molecule has 1 aromatic carbocycles. The molecule has 0 aliphatic rings. The molecule has 0 radical (unpaired) electrons.